The molecule has 1 atom stereocenters. The van der Waals surface area contributed by atoms with Crippen LogP contribution in [-0.2, 0) is 16.0 Å². The first-order chi connectivity index (χ1) is 11.0. The molecule has 2 aromatic rings. The third-order valence-electron chi connectivity index (χ3n) is 3.62. The second-order valence-corrected chi connectivity index (χ2v) is 5.34. The van der Waals surface area contributed by atoms with Crippen LogP contribution in [0.4, 0.5) is 5.69 Å². The molecule has 0 radical (unpaired) electrons. The van der Waals surface area contributed by atoms with Crippen LogP contribution in [-0.4, -0.2) is 29.6 Å². The van der Waals surface area contributed by atoms with Crippen molar-refractivity contribution in [3.05, 3.63) is 54.1 Å². The lowest BCUT2D eigenvalue weighted by atomic mass is 10.0. The van der Waals surface area contributed by atoms with Gasteiger partial charge in [-0.3, -0.25) is 14.5 Å². The Bertz CT molecular complexity index is 746. The number of primary amides is 1. The zero-order valence-electron chi connectivity index (χ0n) is 12.3. The topological polar surface area (TPSA) is 92.9 Å². The monoisotopic (exact) mass is 312 g/mol. The molecule has 6 heteroatoms. The van der Waals surface area contributed by atoms with Gasteiger partial charge in [0.05, 0.1) is 5.69 Å². The molecule has 3 rings (SSSR count). The van der Waals surface area contributed by atoms with Crippen LogP contribution in [0.25, 0.3) is 0 Å². The summed E-state index contributed by atoms with van der Waals surface area (Å²) >= 11 is 0. The third kappa shape index (κ3) is 3.11. The molecule has 1 aliphatic rings. The number of rotatable bonds is 4. The van der Waals surface area contributed by atoms with Gasteiger partial charge in [-0.05, 0) is 17.7 Å². The van der Waals surface area contributed by atoms with E-state index in [1.807, 2.05) is 30.3 Å². The van der Waals surface area contributed by atoms with Crippen LogP contribution in [0.2, 0.25) is 0 Å². The number of anilines is 1. The Balaban J connectivity index is 1.94. The van der Waals surface area contributed by atoms with E-state index in [9.17, 15) is 14.7 Å². The van der Waals surface area contributed by atoms with Crippen LogP contribution in [0.5, 0.6) is 11.5 Å². The standard InChI is InChI=1S/C17H16N2O4/c18-16(21)10-19-13-9-12(20)6-7-14(13)23-15(17(19)22)8-11-4-2-1-3-5-11/h1-7,9,15,20H,8,10H2,(H2,18,21). The number of carbonyl (C=O) groups is 2. The molecule has 1 aliphatic heterocycles. The minimum Gasteiger partial charge on any atom is -0.508 e. The number of benzene rings is 2. The van der Waals surface area contributed by atoms with Crippen LogP contribution >= 0.6 is 0 Å². The maximum absolute atomic E-state index is 12.7. The van der Waals surface area contributed by atoms with Crippen molar-refractivity contribution in [1.82, 2.24) is 0 Å². The summed E-state index contributed by atoms with van der Waals surface area (Å²) in [6, 6.07) is 13.9. The first-order valence-electron chi connectivity index (χ1n) is 7.18. The summed E-state index contributed by atoms with van der Waals surface area (Å²) in [7, 11) is 0. The lowest BCUT2D eigenvalue weighted by Crippen LogP contribution is -2.49. The average molecular weight is 312 g/mol. The van der Waals surface area contributed by atoms with E-state index in [1.54, 1.807) is 6.07 Å². The van der Waals surface area contributed by atoms with Crippen molar-refractivity contribution in [2.24, 2.45) is 5.73 Å². The van der Waals surface area contributed by atoms with Crippen molar-refractivity contribution in [2.45, 2.75) is 12.5 Å². The van der Waals surface area contributed by atoms with Crippen LogP contribution in [0.1, 0.15) is 5.56 Å². The van der Waals surface area contributed by atoms with Crippen LogP contribution in [0.3, 0.4) is 0 Å². The van der Waals surface area contributed by atoms with E-state index < -0.39 is 12.0 Å². The fraction of sp³-hybridized carbons (Fsp3) is 0.176. The Labute approximate surface area is 133 Å². The highest BCUT2D eigenvalue weighted by Gasteiger charge is 2.35. The summed E-state index contributed by atoms with van der Waals surface area (Å²) in [4.78, 5) is 25.2. The van der Waals surface area contributed by atoms with E-state index >= 15 is 0 Å². The van der Waals surface area contributed by atoms with Crippen molar-refractivity contribution in [2.75, 3.05) is 11.4 Å². The molecular formula is C17H16N2O4. The van der Waals surface area contributed by atoms with E-state index in [2.05, 4.69) is 0 Å². The minimum absolute atomic E-state index is 0.0175. The molecule has 3 N–H and O–H groups in total. The Hall–Kier alpha value is -3.02. The van der Waals surface area contributed by atoms with Crippen molar-refractivity contribution in [3.8, 4) is 11.5 Å². The number of hydrogen-bond donors (Lipinski definition) is 2. The molecule has 0 aliphatic carbocycles. The van der Waals surface area contributed by atoms with E-state index in [1.165, 1.54) is 17.0 Å². The molecule has 0 bridgehead atoms. The lowest BCUT2D eigenvalue weighted by molar-refractivity contribution is -0.128. The highest BCUT2D eigenvalue weighted by molar-refractivity contribution is 6.03. The van der Waals surface area contributed by atoms with Gasteiger partial charge < -0.3 is 15.6 Å². The highest BCUT2D eigenvalue weighted by Crippen LogP contribution is 2.37. The number of carbonyl (C=O) groups excluding carboxylic acids is 2. The Morgan fingerprint density at radius 1 is 1.22 bits per heavy atom. The number of nitrogens with zero attached hydrogens (tertiary/aromatic N) is 1. The average Bonchev–Trinajstić information content (AvgIpc) is 2.53. The molecule has 0 saturated carbocycles. The highest BCUT2D eigenvalue weighted by atomic mass is 16.5. The van der Waals surface area contributed by atoms with Gasteiger partial charge in [-0.1, -0.05) is 30.3 Å². The Morgan fingerprint density at radius 3 is 2.65 bits per heavy atom. The molecule has 0 saturated heterocycles. The number of phenols is 1. The summed E-state index contributed by atoms with van der Waals surface area (Å²) in [5.74, 6) is -0.570. The summed E-state index contributed by atoms with van der Waals surface area (Å²) in [6.07, 6.45) is -0.358. The van der Waals surface area contributed by atoms with Gasteiger partial charge in [0.25, 0.3) is 5.91 Å². The van der Waals surface area contributed by atoms with Crippen molar-refractivity contribution in [3.63, 3.8) is 0 Å². The Morgan fingerprint density at radius 2 is 1.96 bits per heavy atom. The maximum Gasteiger partial charge on any atom is 0.268 e. The third-order valence-corrected chi connectivity index (χ3v) is 3.62. The molecule has 2 aromatic carbocycles. The van der Waals surface area contributed by atoms with Crippen molar-refractivity contribution < 1.29 is 19.4 Å². The molecule has 23 heavy (non-hydrogen) atoms. The zero-order valence-corrected chi connectivity index (χ0v) is 12.3. The largest absolute Gasteiger partial charge is 0.508 e. The van der Waals surface area contributed by atoms with Crippen LogP contribution in [0.15, 0.2) is 48.5 Å². The second kappa shape index (κ2) is 6.00. The number of nitrogens with two attached hydrogens (primary N) is 1. The Kier molecular flexibility index (Phi) is 3.89. The molecule has 6 nitrogen and oxygen atoms in total. The first-order valence-corrected chi connectivity index (χ1v) is 7.18. The van der Waals surface area contributed by atoms with Gasteiger partial charge >= 0.3 is 0 Å². The van der Waals surface area contributed by atoms with E-state index in [0.717, 1.165) is 5.56 Å². The van der Waals surface area contributed by atoms with Gasteiger partial charge in [0.15, 0.2) is 6.10 Å². The van der Waals surface area contributed by atoms with E-state index in [0.29, 0.717) is 17.9 Å². The van der Waals surface area contributed by atoms with Gasteiger partial charge in [-0.2, -0.15) is 0 Å². The fourth-order valence-electron chi connectivity index (χ4n) is 2.59. The number of ether oxygens (including phenoxy) is 1. The van der Waals surface area contributed by atoms with E-state index in [4.69, 9.17) is 10.5 Å². The molecular weight excluding hydrogens is 296 g/mol. The van der Waals surface area contributed by atoms with Crippen molar-refractivity contribution in [1.29, 1.82) is 0 Å². The van der Waals surface area contributed by atoms with Gasteiger partial charge in [0.2, 0.25) is 5.91 Å². The number of aromatic hydroxyl groups is 1. The quantitative estimate of drug-likeness (QED) is 0.887. The number of fused-ring (bicyclic) bond motifs is 1. The van der Waals surface area contributed by atoms with Crippen LogP contribution < -0.4 is 15.4 Å². The number of amides is 2. The molecule has 1 heterocycles. The maximum atomic E-state index is 12.7. The van der Waals surface area contributed by atoms with Crippen LogP contribution in [0, 0.1) is 0 Å². The summed E-state index contributed by atoms with van der Waals surface area (Å²) in [5, 5.41) is 9.62. The van der Waals surface area contributed by atoms with E-state index in [-0.39, 0.29) is 18.2 Å². The summed E-state index contributed by atoms with van der Waals surface area (Å²) < 4.78 is 5.76. The molecule has 118 valence electrons. The summed E-state index contributed by atoms with van der Waals surface area (Å²) in [6.45, 7) is -0.260. The molecule has 1 unspecified atom stereocenters. The molecule has 2 amide bonds. The van der Waals surface area contributed by atoms with Gasteiger partial charge in [-0.15, -0.1) is 0 Å². The zero-order chi connectivity index (χ0) is 16.4. The number of hydrogen-bond acceptors (Lipinski definition) is 4. The normalized spacial score (nSPS) is 16.6. The van der Waals surface area contributed by atoms with Crippen molar-refractivity contribution >= 4 is 17.5 Å². The molecule has 0 fully saturated rings. The fourth-order valence-corrected chi connectivity index (χ4v) is 2.59. The molecule has 0 aromatic heterocycles. The molecule has 0 spiro atoms. The summed E-state index contributed by atoms with van der Waals surface area (Å²) in [5.41, 5.74) is 6.54. The van der Waals surface area contributed by atoms with Gasteiger partial charge in [0, 0.05) is 12.5 Å². The SMILES string of the molecule is NC(=O)CN1C(=O)C(Cc2ccccc2)Oc2ccc(O)cc21. The van der Waals surface area contributed by atoms with Gasteiger partial charge in [-0.25, -0.2) is 0 Å². The van der Waals surface area contributed by atoms with Gasteiger partial charge in [0.1, 0.15) is 18.0 Å². The smallest absolute Gasteiger partial charge is 0.268 e. The minimum atomic E-state index is -0.742. The predicted octanol–water partition coefficient (Wildman–Crippen LogP) is 1.21. The number of phenolic OH excluding ortho intramolecular Hbond substituents is 1. The second-order valence-electron chi connectivity index (χ2n) is 5.34. The first kappa shape index (κ1) is 14.9. The lowest BCUT2D eigenvalue weighted by Gasteiger charge is -2.33. The predicted molar refractivity (Wildman–Crippen MR) is 84.2 cm³/mol.